The van der Waals surface area contributed by atoms with E-state index in [0.717, 1.165) is 0 Å². The third-order valence-corrected chi connectivity index (χ3v) is 17.7. The van der Waals surface area contributed by atoms with Crippen molar-refractivity contribution in [3.05, 3.63) is 0 Å². The van der Waals surface area contributed by atoms with Crippen LogP contribution < -0.4 is 0 Å². The first-order chi connectivity index (χ1) is 11.0. The molecule has 0 unspecified atom stereocenters. The molecule has 0 heterocycles. The van der Waals surface area contributed by atoms with Crippen molar-refractivity contribution in [1.82, 2.24) is 0 Å². The van der Waals surface area contributed by atoms with Crippen molar-refractivity contribution >= 4 is 48.5 Å². The van der Waals surface area contributed by atoms with Crippen molar-refractivity contribution in [2.24, 2.45) is 0 Å². The summed E-state index contributed by atoms with van der Waals surface area (Å²) in [4.78, 5) is 0. The fourth-order valence-electron chi connectivity index (χ4n) is 1.91. The van der Waals surface area contributed by atoms with Gasteiger partial charge in [0.05, 0.1) is 0 Å². The summed E-state index contributed by atoms with van der Waals surface area (Å²) in [5.41, 5.74) is -2.45. The van der Waals surface area contributed by atoms with Gasteiger partial charge in [-0.2, -0.15) is 0 Å². The highest BCUT2D eigenvalue weighted by atomic mass is 31.2. The normalized spacial score (nSPS) is 15.6. The smallest absolute Gasteiger partial charge is 0.349 e. The van der Waals surface area contributed by atoms with E-state index in [1.165, 1.54) is 0 Å². The summed E-state index contributed by atoms with van der Waals surface area (Å²) < 4.78 is 65.4. The molecule has 6 nitrogen and oxygen atoms in total. The van der Waals surface area contributed by atoms with E-state index in [4.69, 9.17) is 16.9 Å². The molecule has 13 heteroatoms. The molecule has 0 N–H and O–H groups in total. The molecule has 0 fully saturated rings. The van der Waals surface area contributed by atoms with Gasteiger partial charge in [0.15, 0.2) is 33.3 Å². The Bertz CT molecular complexity index is 487. The van der Waals surface area contributed by atoms with Crippen LogP contribution in [-0.2, 0) is 26.0 Å². The largest absolute Gasteiger partial charge is 0.357 e. The molecule has 0 aliphatic carbocycles. The average molecular weight is 483 g/mol. The fraction of sp³-hybridized carbons (Fsp3) is 1.00. The molecular formula is C13H37FO6P2Si4. The van der Waals surface area contributed by atoms with Gasteiger partial charge in [0, 0.05) is 0 Å². The standard InChI is InChI=1S/C13H37FO6P2Si4/c1-23(2,3)17-21(15,18-24(4,5)6)13(14)22(16,19-25(7,8)9)20-26(10,11)12/h13H,1-12H3. The minimum Gasteiger partial charge on any atom is -0.349 e. The maximum atomic E-state index is 15.7. The molecule has 26 heavy (non-hydrogen) atoms. The van der Waals surface area contributed by atoms with Crippen molar-refractivity contribution in [3.8, 4) is 0 Å². The molecule has 0 aliphatic rings. The second kappa shape index (κ2) is 8.45. The summed E-state index contributed by atoms with van der Waals surface area (Å²) in [6.45, 7) is 21.4. The zero-order valence-corrected chi connectivity index (χ0v) is 24.1. The first-order valence-corrected chi connectivity index (χ1v) is 25.5. The molecule has 0 spiro atoms. The maximum Gasteiger partial charge on any atom is 0.357 e. The Hall–Kier alpha value is 1.10. The molecule has 0 bridgehead atoms. The van der Waals surface area contributed by atoms with Crippen molar-refractivity contribution in [1.29, 1.82) is 0 Å². The molecule has 0 saturated heterocycles. The third kappa shape index (κ3) is 10.6. The lowest BCUT2D eigenvalue weighted by molar-refractivity contribution is 0.303. The molecule has 0 rings (SSSR count). The van der Waals surface area contributed by atoms with Gasteiger partial charge in [-0.25, -0.2) is 4.39 Å². The minimum absolute atomic E-state index is 1.78. The first kappa shape index (κ1) is 27.1. The lowest BCUT2D eigenvalue weighted by Crippen LogP contribution is -2.36. The number of rotatable bonds is 10. The summed E-state index contributed by atoms with van der Waals surface area (Å²) in [6.07, 6.45) is 0. The van der Waals surface area contributed by atoms with E-state index < -0.39 is 54.1 Å². The Kier molecular flexibility index (Phi) is 8.81. The van der Waals surface area contributed by atoms with Crippen LogP contribution in [0.3, 0.4) is 0 Å². The summed E-state index contributed by atoms with van der Waals surface area (Å²) in [7, 11) is -18.6. The van der Waals surface area contributed by atoms with Crippen LogP contribution >= 0.6 is 15.2 Å². The average Bonchev–Trinajstić information content (AvgIpc) is 2.16. The molecule has 0 aliphatic heterocycles. The molecule has 0 aromatic carbocycles. The topological polar surface area (TPSA) is 71.1 Å². The predicted octanol–water partition coefficient (Wildman–Crippen LogP) is 7.03. The van der Waals surface area contributed by atoms with Gasteiger partial charge < -0.3 is 16.9 Å². The van der Waals surface area contributed by atoms with Gasteiger partial charge >= 0.3 is 15.2 Å². The number of alkyl halides is 1. The maximum absolute atomic E-state index is 15.7. The summed E-state index contributed by atoms with van der Waals surface area (Å²) in [5.74, 6) is 0. The van der Waals surface area contributed by atoms with E-state index in [-0.39, 0.29) is 0 Å². The van der Waals surface area contributed by atoms with Crippen molar-refractivity contribution in [2.75, 3.05) is 0 Å². The molecular weight excluding hydrogens is 445 g/mol. The van der Waals surface area contributed by atoms with E-state index in [1.807, 2.05) is 0 Å². The zero-order chi connectivity index (χ0) is 21.4. The van der Waals surface area contributed by atoms with Gasteiger partial charge in [-0.3, -0.25) is 9.13 Å². The second-order valence-corrected chi connectivity index (χ2v) is 33.5. The lowest BCUT2D eigenvalue weighted by atomic mass is 11.8. The van der Waals surface area contributed by atoms with E-state index in [9.17, 15) is 9.13 Å². The van der Waals surface area contributed by atoms with Crippen LogP contribution in [0.1, 0.15) is 0 Å². The van der Waals surface area contributed by atoms with E-state index in [0.29, 0.717) is 0 Å². The highest BCUT2D eigenvalue weighted by Gasteiger charge is 2.57. The zero-order valence-electron chi connectivity index (χ0n) is 18.3. The van der Waals surface area contributed by atoms with Crippen LogP contribution in [0.5, 0.6) is 0 Å². The molecule has 0 aromatic rings. The quantitative estimate of drug-likeness (QED) is 0.246. The minimum atomic E-state index is -4.36. The number of halogens is 1. The van der Waals surface area contributed by atoms with Gasteiger partial charge in [0.2, 0.25) is 0 Å². The first-order valence-electron chi connectivity index (χ1n) is 8.65. The van der Waals surface area contributed by atoms with Crippen LogP contribution in [0.4, 0.5) is 4.39 Å². The molecule has 0 radical (unpaired) electrons. The fourth-order valence-corrected chi connectivity index (χ4v) is 19.6. The van der Waals surface area contributed by atoms with Crippen LogP contribution in [0.25, 0.3) is 0 Å². The Morgan fingerprint density at radius 2 is 0.692 bits per heavy atom. The van der Waals surface area contributed by atoms with Crippen molar-refractivity contribution in [2.45, 2.75) is 84.2 Å². The van der Waals surface area contributed by atoms with E-state index >= 15 is 4.39 Å². The monoisotopic (exact) mass is 482 g/mol. The van der Waals surface area contributed by atoms with Crippen LogP contribution in [-0.4, -0.2) is 38.9 Å². The van der Waals surface area contributed by atoms with Gasteiger partial charge in [-0.15, -0.1) is 0 Å². The molecule has 0 amide bonds. The highest BCUT2D eigenvalue weighted by Crippen LogP contribution is 2.73. The Labute approximate surface area is 163 Å². The lowest BCUT2D eigenvalue weighted by Gasteiger charge is -2.38. The van der Waals surface area contributed by atoms with Gasteiger partial charge in [0.1, 0.15) is 0 Å². The number of hydrogen-bond acceptors (Lipinski definition) is 6. The third-order valence-electron chi connectivity index (χ3n) is 2.13. The van der Waals surface area contributed by atoms with Crippen LogP contribution in [0.15, 0.2) is 0 Å². The van der Waals surface area contributed by atoms with Gasteiger partial charge in [-0.05, 0) is 78.6 Å². The van der Waals surface area contributed by atoms with Crippen LogP contribution in [0.2, 0.25) is 78.6 Å². The Morgan fingerprint density at radius 3 is 0.808 bits per heavy atom. The SMILES string of the molecule is C[Si](C)(C)OP(=O)(O[Si](C)(C)C)C(F)P(=O)(O[Si](C)(C)C)O[Si](C)(C)C. The summed E-state index contributed by atoms with van der Waals surface area (Å²) in [6, 6.07) is 0. The van der Waals surface area contributed by atoms with Gasteiger partial charge in [0.25, 0.3) is 5.65 Å². The van der Waals surface area contributed by atoms with Crippen molar-refractivity contribution < 1.29 is 30.4 Å². The van der Waals surface area contributed by atoms with Crippen molar-refractivity contribution in [3.63, 3.8) is 0 Å². The van der Waals surface area contributed by atoms with Crippen LogP contribution in [0, 0.1) is 0 Å². The Balaban J connectivity index is 6.23. The highest BCUT2D eigenvalue weighted by molar-refractivity contribution is 7.74. The number of hydrogen-bond donors (Lipinski definition) is 0. The second-order valence-electron chi connectivity index (χ2n) is 10.2. The van der Waals surface area contributed by atoms with Gasteiger partial charge in [-0.1, -0.05) is 0 Å². The summed E-state index contributed by atoms with van der Waals surface area (Å²) in [5, 5.41) is 0. The Morgan fingerprint density at radius 1 is 0.538 bits per heavy atom. The molecule has 0 atom stereocenters. The predicted molar refractivity (Wildman–Crippen MR) is 118 cm³/mol. The molecule has 0 aromatic heterocycles. The van der Waals surface area contributed by atoms with E-state index in [2.05, 4.69) is 0 Å². The molecule has 158 valence electrons. The van der Waals surface area contributed by atoms with E-state index in [1.54, 1.807) is 78.6 Å². The summed E-state index contributed by atoms with van der Waals surface area (Å²) >= 11 is 0. The molecule has 0 saturated carbocycles.